The highest BCUT2D eigenvalue weighted by molar-refractivity contribution is 5.68. The molecule has 1 aromatic heterocycles. The lowest BCUT2D eigenvalue weighted by Crippen LogP contribution is -2.21. The molecule has 1 heterocycles. The Morgan fingerprint density at radius 3 is 2.48 bits per heavy atom. The van der Waals surface area contributed by atoms with Crippen molar-refractivity contribution in [3.8, 4) is 18.0 Å². The van der Waals surface area contributed by atoms with E-state index in [2.05, 4.69) is 10.2 Å². The summed E-state index contributed by atoms with van der Waals surface area (Å²) in [4.78, 5) is 3.21. The molecule has 0 atom stereocenters. The van der Waals surface area contributed by atoms with Gasteiger partial charge in [-0.25, -0.2) is 0 Å². The fourth-order valence-corrected chi connectivity index (χ4v) is 1.81. The van der Waals surface area contributed by atoms with Crippen LogP contribution in [0.25, 0.3) is 5.82 Å². The van der Waals surface area contributed by atoms with Crippen molar-refractivity contribution in [2.24, 2.45) is 0 Å². The van der Waals surface area contributed by atoms with Gasteiger partial charge in [-0.3, -0.25) is 0 Å². The largest absolute Gasteiger partial charge is 0.479 e. The molecular formula is C16H14N6O. The second-order valence-electron chi connectivity index (χ2n) is 4.40. The molecule has 7 heteroatoms. The van der Waals surface area contributed by atoms with Gasteiger partial charge in [-0.2, -0.15) is 15.6 Å². The number of para-hydroxylation sites is 1. The van der Waals surface area contributed by atoms with Crippen LogP contribution in [-0.2, 0) is 0 Å². The molecule has 0 aliphatic rings. The number of hydrogen-bond donors (Lipinski definition) is 0. The first-order valence-corrected chi connectivity index (χ1v) is 6.67. The first-order valence-electron chi connectivity index (χ1n) is 6.67. The van der Waals surface area contributed by atoms with Gasteiger partial charge in [0.1, 0.15) is 23.9 Å². The van der Waals surface area contributed by atoms with Crippen LogP contribution in [-0.4, -0.2) is 29.2 Å². The van der Waals surface area contributed by atoms with Crippen LogP contribution in [0, 0.1) is 22.7 Å². The number of benzene rings is 1. The van der Waals surface area contributed by atoms with Crippen molar-refractivity contribution >= 4 is 11.5 Å². The molecule has 0 bridgehead atoms. The van der Waals surface area contributed by atoms with Gasteiger partial charge in [0, 0.05) is 12.7 Å². The third kappa shape index (κ3) is 3.74. The molecule has 2 aromatic rings. The lowest BCUT2D eigenvalue weighted by Gasteiger charge is -2.21. The van der Waals surface area contributed by atoms with Gasteiger partial charge in [-0.05, 0) is 24.3 Å². The average Bonchev–Trinajstić information content (AvgIpc) is 3.08. The number of methoxy groups -OCH3 is 1. The predicted octanol–water partition coefficient (Wildman–Crippen LogP) is 2.20. The SMILES string of the molecule is COc1cnn(/C(=C\C=C(C#N)C#N)N(C)c2ccccc2)n1. The molecule has 0 aliphatic carbocycles. The Morgan fingerprint density at radius 1 is 1.22 bits per heavy atom. The third-order valence-corrected chi connectivity index (χ3v) is 3.01. The minimum Gasteiger partial charge on any atom is -0.479 e. The number of hydrogen-bond acceptors (Lipinski definition) is 6. The van der Waals surface area contributed by atoms with Crippen LogP contribution in [0.1, 0.15) is 0 Å². The molecule has 114 valence electrons. The number of allylic oxidation sites excluding steroid dienone is 3. The van der Waals surface area contributed by atoms with Gasteiger partial charge in [0.25, 0.3) is 5.88 Å². The Hall–Kier alpha value is -3.58. The smallest absolute Gasteiger partial charge is 0.253 e. The van der Waals surface area contributed by atoms with E-state index >= 15 is 0 Å². The quantitative estimate of drug-likeness (QED) is 0.621. The van der Waals surface area contributed by atoms with E-state index in [0.29, 0.717) is 11.7 Å². The summed E-state index contributed by atoms with van der Waals surface area (Å²) in [5, 5.41) is 26.1. The fraction of sp³-hybridized carbons (Fsp3) is 0.125. The summed E-state index contributed by atoms with van der Waals surface area (Å²) < 4.78 is 5.04. The van der Waals surface area contributed by atoms with Crippen molar-refractivity contribution in [1.82, 2.24) is 15.0 Å². The normalized spacial score (nSPS) is 10.3. The molecular weight excluding hydrogens is 292 g/mol. The Labute approximate surface area is 133 Å². The molecule has 2 rings (SSSR count). The van der Waals surface area contributed by atoms with Crippen molar-refractivity contribution in [3.05, 3.63) is 54.3 Å². The van der Waals surface area contributed by atoms with Gasteiger partial charge in [-0.1, -0.05) is 18.2 Å². The Balaban J connectivity index is 2.47. The highest BCUT2D eigenvalue weighted by atomic mass is 16.5. The van der Waals surface area contributed by atoms with Crippen molar-refractivity contribution in [2.45, 2.75) is 0 Å². The van der Waals surface area contributed by atoms with E-state index in [9.17, 15) is 0 Å². The first kappa shape index (κ1) is 15.8. The summed E-state index contributed by atoms with van der Waals surface area (Å²) in [5.74, 6) is 0.921. The van der Waals surface area contributed by atoms with Gasteiger partial charge in [-0.15, -0.1) is 9.90 Å². The van der Waals surface area contributed by atoms with Gasteiger partial charge in [0.05, 0.1) is 7.11 Å². The maximum Gasteiger partial charge on any atom is 0.253 e. The molecule has 0 unspecified atom stereocenters. The molecule has 1 aromatic carbocycles. The highest BCUT2D eigenvalue weighted by Crippen LogP contribution is 2.20. The lowest BCUT2D eigenvalue weighted by molar-refractivity contribution is 0.394. The van der Waals surface area contributed by atoms with Crippen LogP contribution < -0.4 is 9.64 Å². The molecule has 0 spiro atoms. The van der Waals surface area contributed by atoms with Crippen LogP contribution in [0.15, 0.2) is 54.3 Å². The van der Waals surface area contributed by atoms with Crippen molar-refractivity contribution in [1.29, 1.82) is 10.5 Å². The lowest BCUT2D eigenvalue weighted by atomic mass is 10.2. The molecule has 23 heavy (non-hydrogen) atoms. The standard InChI is InChI=1S/C16H14N6O/c1-21(14-6-4-3-5-7-14)16(9-8-13(10-17)11-18)22-19-12-15(20-22)23-2/h3-9,12H,1-2H3/b16-9-. The topological polar surface area (TPSA) is 90.8 Å². The molecule has 0 N–H and O–H groups in total. The van der Waals surface area contributed by atoms with E-state index in [1.807, 2.05) is 54.4 Å². The summed E-state index contributed by atoms with van der Waals surface area (Å²) in [6.45, 7) is 0. The zero-order valence-corrected chi connectivity index (χ0v) is 12.7. The second-order valence-corrected chi connectivity index (χ2v) is 4.40. The van der Waals surface area contributed by atoms with E-state index in [1.165, 1.54) is 24.2 Å². The van der Waals surface area contributed by atoms with Crippen LogP contribution in [0.5, 0.6) is 5.88 Å². The maximum atomic E-state index is 8.87. The molecule has 0 radical (unpaired) electrons. The molecule has 0 aliphatic heterocycles. The Morgan fingerprint density at radius 2 is 1.91 bits per heavy atom. The molecule has 0 saturated heterocycles. The number of nitriles is 2. The summed E-state index contributed by atoms with van der Waals surface area (Å²) in [6, 6.07) is 13.2. The van der Waals surface area contributed by atoms with E-state index in [4.69, 9.17) is 15.3 Å². The van der Waals surface area contributed by atoms with Crippen molar-refractivity contribution < 1.29 is 4.74 Å². The minimum atomic E-state index is -0.0110. The number of aromatic nitrogens is 3. The van der Waals surface area contributed by atoms with Gasteiger partial charge in [0.2, 0.25) is 0 Å². The fourth-order valence-electron chi connectivity index (χ4n) is 1.81. The van der Waals surface area contributed by atoms with Crippen molar-refractivity contribution in [3.63, 3.8) is 0 Å². The molecule has 0 fully saturated rings. The number of anilines is 1. The van der Waals surface area contributed by atoms with E-state index in [-0.39, 0.29) is 5.57 Å². The monoisotopic (exact) mass is 306 g/mol. The van der Waals surface area contributed by atoms with E-state index < -0.39 is 0 Å². The molecule has 7 nitrogen and oxygen atoms in total. The predicted molar refractivity (Wildman–Crippen MR) is 85.0 cm³/mol. The Bertz CT molecular complexity index is 791. The van der Waals surface area contributed by atoms with Crippen molar-refractivity contribution in [2.75, 3.05) is 19.1 Å². The number of ether oxygens (including phenoxy) is 1. The average molecular weight is 306 g/mol. The zero-order valence-electron chi connectivity index (χ0n) is 12.7. The number of rotatable bonds is 5. The number of nitrogens with zero attached hydrogens (tertiary/aromatic N) is 6. The highest BCUT2D eigenvalue weighted by Gasteiger charge is 2.12. The molecule has 0 saturated carbocycles. The van der Waals surface area contributed by atoms with Gasteiger partial charge >= 0.3 is 0 Å². The van der Waals surface area contributed by atoms with Crippen LogP contribution in [0.2, 0.25) is 0 Å². The Kier molecular flexibility index (Phi) is 5.11. The van der Waals surface area contributed by atoms with Gasteiger partial charge in [0.15, 0.2) is 5.82 Å². The van der Waals surface area contributed by atoms with Crippen LogP contribution >= 0.6 is 0 Å². The second kappa shape index (κ2) is 7.43. The minimum absolute atomic E-state index is 0.0110. The van der Waals surface area contributed by atoms with Crippen LogP contribution in [0.4, 0.5) is 5.69 Å². The van der Waals surface area contributed by atoms with E-state index in [0.717, 1.165) is 5.69 Å². The maximum absolute atomic E-state index is 8.87. The molecule has 0 amide bonds. The summed E-state index contributed by atoms with van der Waals surface area (Å²) in [6.07, 6.45) is 4.50. The summed E-state index contributed by atoms with van der Waals surface area (Å²) >= 11 is 0. The summed E-state index contributed by atoms with van der Waals surface area (Å²) in [7, 11) is 3.34. The van der Waals surface area contributed by atoms with Crippen LogP contribution in [0.3, 0.4) is 0 Å². The van der Waals surface area contributed by atoms with Gasteiger partial charge < -0.3 is 9.64 Å². The zero-order chi connectivity index (χ0) is 16.7. The van der Waals surface area contributed by atoms with E-state index in [1.54, 1.807) is 6.08 Å². The first-order chi connectivity index (χ1) is 11.2. The summed E-state index contributed by atoms with van der Waals surface area (Å²) in [5.41, 5.74) is 0.891. The third-order valence-electron chi connectivity index (χ3n) is 3.01.